The highest BCUT2D eigenvalue weighted by molar-refractivity contribution is 6.44. The lowest BCUT2D eigenvalue weighted by atomic mass is 9.90. The van der Waals surface area contributed by atoms with Gasteiger partial charge in [0.15, 0.2) is 0 Å². The third kappa shape index (κ3) is 5.06. The molecule has 0 spiro atoms. The third-order valence-electron chi connectivity index (χ3n) is 7.28. The molecule has 1 atom stereocenters. The zero-order chi connectivity index (χ0) is 26.1. The molecule has 37 heavy (non-hydrogen) atoms. The highest BCUT2D eigenvalue weighted by atomic mass is 19.1. The molecule has 10 heteroatoms. The molecule has 2 amide bonds. The fourth-order valence-electron chi connectivity index (χ4n) is 5.18. The second-order valence-electron chi connectivity index (χ2n) is 9.73. The summed E-state index contributed by atoms with van der Waals surface area (Å²) >= 11 is 0. The van der Waals surface area contributed by atoms with Gasteiger partial charge in [0.25, 0.3) is 17.6 Å². The summed E-state index contributed by atoms with van der Waals surface area (Å²) in [5.41, 5.74) is 1.77. The van der Waals surface area contributed by atoms with Gasteiger partial charge in [-0.05, 0) is 55.4 Å². The van der Waals surface area contributed by atoms with Crippen LogP contribution >= 0.6 is 0 Å². The van der Waals surface area contributed by atoms with Gasteiger partial charge in [-0.1, -0.05) is 12.1 Å². The van der Waals surface area contributed by atoms with Crippen LogP contribution < -0.4 is 4.74 Å². The smallest absolute Gasteiger partial charge is 0.295 e. The number of nitrogens with one attached hydrogen (secondary N) is 1. The number of Topliss-reactive ketones (excluding diaryl/α,β-unsaturated/α-hetero) is 1. The Balaban J connectivity index is 1.32. The lowest BCUT2D eigenvalue weighted by Gasteiger charge is -2.32. The number of ether oxygens (including phenoxy) is 1. The number of rotatable bonds is 6. The van der Waals surface area contributed by atoms with Crippen LogP contribution in [0.2, 0.25) is 0 Å². The van der Waals surface area contributed by atoms with Gasteiger partial charge in [0, 0.05) is 37.8 Å². The standard InChI is InChI=1S/C27H29FN4O5/c1-37-25-21(26(35)31-9-6-17(7-10-31)12-16-2-4-18(28)5-3-16)13-20-22(14-29-24(20)30-25)23(34)27(36)32-11-8-19(33)15-32/h2-5,13-14,17,19,33H,6-12,15H2,1H3,(H,29,30)/t19-/m1/s1. The van der Waals surface area contributed by atoms with Crippen molar-refractivity contribution in [2.75, 3.05) is 33.3 Å². The third-order valence-corrected chi connectivity index (χ3v) is 7.28. The number of amides is 2. The van der Waals surface area contributed by atoms with Crippen molar-refractivity contribution < 1.29 is 28.6 Å². The number of aromatic amines is 1. The van der Waals surface area contributed by atoms with Gasteiger partial charge in [0.2, 0.25) is 5.88 Å². The first-order chi connectivity index (χ1) is 17.8. The number of nitrogens with zero attached hydrogens (tertiary/aromatic N) is 3. The summed E-state index contributed by atoms with van der Waals surface area (Å²) in [5, 5.41) is 10.1. The molecule has 2 aliphatic heterocycles. The number of piperidine rings is 1. The molecular formula is C27H29FN4O5. The highest BCUT2D eigenvalue weighted by Gasteiger charge is 2.32. The molecule has 2 fully saturated rings. The SMILES string of the molecule is COc1nc2[nH]cc(C(=O)C(=O)N3CC[C@@H](O)C3)c2cc1C(=O)N1CCC(Cc2ccc(F)cc2)CC1. The number of β-amino-alcohol motifs (C(OH)–C–C–N with tert-alkyl or cyclic N) is 1. The van der Waals surface area contributed by atoms with Crippen LogP contribution in [0, 0.1) is 11.7 Å². The normalized spacial score (nSPS) is 18.4. The summed E-state index contributed by atoms with van der Waals surface area (Å²) < 4.78 is 18.6. The summed E-state index contributed by atoms with van der Waals surface area (Å²) in [6.07, 6.45) is 3.67. The Hall–Kier alpha value is -3.79. The van der Waals surface area contributed by atoms with E-state index in [0.29, 0.717) is 43.0 Å². The first kappa shape index (κ1) is 24.9. The lowest BCUT2D eigenvalue weighted by Crippen LogP contribution is -2.39. The average Bonchev–Trinajstić information content (AvgIpc) is 3.54. The van der Waals surface area contributed by atoms with Crippen molar-refractivity contribution in [2.45, 2.75) is 31.8 Å². The van der Waals surface area contributed by atoms with Crippen molar-refractivity contribution in [3.63, 3.8) is 0 Å². The predicted octanol–water partition coefficient (Wildman–Crippen LogP) is 2.58. The number of hydrogen-bond donors (Lipinski definition) is 2. The fraction of sp³-hybridized carbons (Fsp3) is 0.407. The van der Waals surface area contributed by atoms with Gasteiger partial charge in [-0.3, -0.25) is 14.4 Å². The molecular weight excluding hydrogens is 479 g/mol. The number of ketones is 1. The van der Waals surface area contributed by atoms with E-state index in [-0.39, 0.29) is 35.3 Å². The summed E-state index contributed by atoms with van der Waals surface area (Å²) in [7, 11) is 1.43. The van der Waals surface area contributed by atoms with Crippen LogP contribution in [0.25, 0.3) is 11.0 Å². The molecule has 9 nitrogen and oxygen atoms in total. The number of aliphatic hydroxyl groups excluding tert-OH is 1. The van der Waals surface area contributed by atoms with Gasteiger partial charge >= 0.3 is 0 Å². The molecule has 3 aromatic rings. The Bertz CT molecular complexity index is 1330. The summed E-state index contributed by atoms with van der Waals surface area (Å²) in [4.78, 5) is 49.5. The molecule has 2 N–H and O–H groups in total. The molecule has 0 radical (unpaired) electrons. The zero-order valence-electron chi connectivity index (χ0n) is 20.6. The highest BCUT2D eigenvalue weighted by Crippen LogP contribution is 2.29. The molecule has 4 heterocycles. The lowest BCUT2D eigenvalue weighted by molar-refractivity contribution is -0.125. The maximum absolute atomic E-state index is 13.5. The molecule has 1 aromatic carbocycles. The number of methoxy groups -OCH3 is 1. The topological polar surface area (TPSA) is 116 Å². The van der Waals surface area contributed by atoms with Crippen molar-refractivity contribution in [1.29, 1.82) is 0 Å². The van der Waals surface area contributed by atoms with Crippen molar-refractivity contribution in [1.82, 2.24) is 19.8 Å². The van der Waals surface area contributed by atoms with E-state index in [9.17, 15) is 23.9 Å². The van der Waals surface area contributed by atoms with E-state index >= 15 is 0 Å². The van der Waals surface area contributed by atoms with Crippen molar-refractivity contribution in [3.05, 3.63) is 59.0 Å². The number of likely N-dealkylation sites (tertiary alicyclic amines) is 2. The minimum atomic E-state index is -0.715. The molecule has 194 valence electrons. The molecule has 0 aliphatic carbocycles. The molecule has 2 aliphatic rings. The second kappa shape index (κ2) is 10.3. The number of pyridine rings is 1. The molecule has 0 saturated carbocycles. The van der Waals surface area contributed by atoms with Crippen LogP contribution in [0.5, 0.6) is 5.88 Å². The van der Waals surface area contributed by atoms with Crippen LogP contribution in [-0.4, -0.2) is 81.9 Å². The van der Waals surface area contributed by atoms with E-state index in [1.807, 2.05) is 0 Å². The van der Waals surface area contributed by atoms with E-state index in [1.165, 1.54) is 30.3 Å². The summed E-state index contributed by atoms with van der Waals surface area (Å²) in [5.74, 6) is -1.38. The van der Waals surface area contributed by atoms with Gasteiger partial charge < -0.3 is 24.6 Å². The van der Waals surface area contributed by atoms with Crippen molar-refractivity contribution >= 4 is 28.6 Å². The Morgan fingerprint density at radius 2 is 1.78 bits per heavy atom. The number of aromatic nitrogens is 2. The maximum Gasteiger partial charge on any atom is 0.295 e. The van der Waals surface area contributed by atoms with Gasteiger partial charge in [-0.25, -0.2) is 4.39 Å². The number of carbonyl (C=O) groups is 3. The van der Waals surface area contributed by atoms with Crippen molar-refractivity contribution in [2.24, 2.45) is 5.92 Å². The Morgan fingerprint density at radius 1 is 1.08 bits per heavy atom. The van der Waals surface area contributed by atoms with Gasteiger partial charge in [-0.15, -0.1) is 0 Å². The van der Waals surface area contributed by atoms with Crippen LogP contribution in [0.1, 0.15) is 45.5 Å². The molecule has 2 aromatic heterocycles. The zero-order valence-corrected chi connectivity index (χ0v) is 20.6. The average molecular weight is 509 g/mol. The minimum absolute atomic E-state index is 0.125. The quantitative estimate of drug-likeness (QED) is 0.391. The van der Waals surface area contributed by atoms with E-state index < -0.39 is 17.8 Å². The first-order valence-electron chi connectivity index (χ1n) is 12.5. The van der Waals surface area contributed by atoms with Crippen LogP contribution in [-0.2, 0) is 11.2 Å². The summed E-state index contributed by atoms with van der Waals surface area (Å²) in [6.45, 7) is 1.56. The molecule has 5 rings (SSSR count). The number of halogens is 1. The van der Waals surface area contributed by atoms with E-state index in [1.54, 1.807) is 23.1 Å². The van der Waals surface area contributed by atoms with E-state index in [2.05, 4.69) is 9.97 Å². The van der Waals surface area contributed by atoms with Gasteiger partial charge in [-0.2, -0.15) is 4.98 Å². The predicted molar refractivity (Wildman–Crippen MR) is 133 cm³/mol. The van der Waals surface area contributed by atoms with E-state index in [0.717, 1.165) is 24.8 Å². The number of hydrogen-bond acceptors (Lipinski definition) is 6. The van der Waals surface area contributed by atoms with Crippen LogP contribution in [0.3, 0.4) is 0 Å². The Labute approximate surface area is 213 Å². The minimum Gasteiger partial charge on any atom is -0.480 e. The molecule has 0 unspecified atom stereocenters. The largest absolute Gasteiger partial charge is 0.480 e. The van der Waals surface area contributed by atoms with Crippen LogP contribution in [0.4, 0.5) is 4.39 Å². The molecule has 0 bridgehead atoms. The summed E-state index contributed by atoms with van der Waals surface area (Å²) in [6, 6.07) is 8.08. The second-order valence-corrected chi connectivity index (χ2v) is 9.73. The van der Waals surface area contributed by atoms with Gasteiger partial charge in [0.05, 0.1) is 18.8 Å². The Morgan fingerprint density at radius 3 is 2.43 bits per heavy atom. The van der Waals surface area contributed by atoms with Crippen molar-refractivity contribution in [3.8, 4) is 5.88 Å². The number of fused-ring (bicyclic) bond motifs is 1. The first-order valence-corrected chi connectivity index (χ1v) is 12.5. The number of benzene rings is 1. The van der Waals surface area contributed by atoms with E-state index in [4.69, 9.17) is 4.74 Å². The maximum atomic E-state index is 13.5. The van der Waals surface area contributed by atoms with Gasteiger partial charge in [0.1, 0.15) is 17.0 Å². The fourth-order valence-corrected chi connectivity index (χ4v) is 5.18. The van der Waals surface area contributed by atoms with Crippen LogP contribution in [0.15, 0.2) is 36.5 Å². The number of H-pyrrole nitrogens is 1. The monoisotopic (exact) mass is 508 g/mol. The number of carbonyl (C=O) groups excluding carboxylic acids is 3. The molecule has 2 saturated heterocycles. The number of aliphatic hydroxyl groups is 1. The Kier molecular flexibility index (Phi) is 6.92.